The number of nitrogens with one attached hydrogen (secondary N) is 2. The van der Waals surface area contributed by atoms with Gasteiger partial charge < -0.3 is 15.5 Å². The molecule has 1 heterocycles. The Morgan fingerprint density at radius 2 is 1.93 bits per heavy atom. The summed E-state index contributed by atoms with van der Waals surface area (Å²) in [6.07, 6.45) is 8.04. The van der Waals surface area contributed by atoms with E-state index in [0.29, 0.717) is 17.4 Å². The molecule has 2 N–H and O–H groups in total. The van der Waals surface area contributed by atoms with E-state index in [4.69, 9.17) is 0 Å². The molecule has 1 saturated carbocycles. The van der Waals surface area contributed by atoms with Gasteiger partial charge in [-0.15, -0.1) is 11.8 Å². The van der Waals surface area contributed by atoms with E-state index in [1.54, 1.807) is 0 Å². The molecule has 2 fully saturated rings. The smallest absolute Gasteiger partial charge is 0.252 e. The summed E-state index contributed by atoms with van der Waals surface area (Å²) < 4.78 is 0. The van der Waals surface area contributed by atoms with E-state index < -0.39 is 0 Å². The van der Waals surface area contributed by atoms with Crippen molar-refractivity contribution < 1.29 is 9.59 Å². The van der Waals surface area contributed by atoms with Crippen molar-refractivity contribution in [2.45, 2.75) is 61.9 Å². The first-order valence-corrected chi connectivity index (χ1v) is 11.1. The zero-order valence-electron chi connectivity index (χ0n) is 16.2. The second kappa shape index (κ2) is 10.1. The van der Waals surface area contributed by atoms with Crippen LogP contribution in [-0.2, 0) is 4.79 Å². The van der Waals surface area contributed by atoms with Crippen molar-refractivity contribution in [3.63, 3.8) is 0 Å². The van der Waals surface area contributed by atoms with E-state index >= 15 is 0 Å². The number of amides is 2. The highest BCUT2D eigenvalue weighted by Gasteiger charge is 2.23. The van der Waals surface area contributed by atoms with Crippen molar-refractivity contribution in [1.82, 2.24) is 15.5 Å². The lowest BCUT2D eigenvalue weighted by Crippen LogP contribution is -2.45. The van der Waals surface area contributed by atoms with Crippen LogP contribution in [0.3, 0.4) is 0 Å². The topological polar surface area (TPSA) is 61.4 Å². The second-order valence-electron chi connectivity index (χ2n) is 7.60. The van der Waals surface area contributed by atoms with Gasteiger partial charge in [-0.2, -0.15) is 0 Å². The molecule has 0 bridgehead atoms. The molecule has 0 spiro atoms. The molecule has 1 aromatic rings. The summed E-state index contributed by atoms with van der Waals surface area (Å²) in [6, 6.07) is 8.16. The Kier molecular flexibility index (Phi) is 7.59. The van der Waals surface area contributed by atoms with Gasteiger partial charge >= 0.3 is 0 Å². The van der Waals surface area contributed by atoms with Crippen LogP contribution in [0.25, 0.3) is 0 Å². The average Bonchev–Trinajstić information content (AvgIpc) is 2.73. The lowest BCUT2D eigenvalue weighted by molar-refractivity contribution is -0.129. The largest absolute Gasteiger partial charge is 0.348 e. The number of carbonyl (C=O) groups is 2. The number of nitrogens with zero attached hydrogens (tertiary/aromatic N) is 1. The predicted octanol–water partition coefficient (Wildman–Crippen LogP) is 3.05. The van der Waals surface area contributed by atoms with Gasteiger partial charge in [-0.05, 0) is 44.4 Å². The third-order valence-corrected chi connectivity index (χ3v) is 6.69. The monoisotopic (exact) mass is 389 g/mol. The van der Waals surface area contributed by atoms with Crippen LogP contribution in [0.5, 0.6) is 0 Å². The summed E-state index contributed by atoms with van der Waals surface area (Å²) >= 11 is 1.47. The van der Waals surface area contributed by atoms with Crippen molar-refractivity contribution in [2.75, 3.05) is 25.9 Å². The summed E-state index contributed by atoms with van der Waals surface area (Å²) in [7, 11) is 1.92. The fourth-order valence-electron chi connectivity index (χ4n) is 3.93. The minimum absolute atomic E-state index is 0.0418. The number of hydrogen-bond acceptors (Lipinski definition) is 4. The van der Waals surface area contributed by atoms with Crippen LogP contribution < -0.4 is 10.6 Å². The van der Waals surface area contributed by atoms with Crippen LogP contribution in [0.4, 0.5) is 0 Å². The van der Waals surface area contributed by atoms with Crippen LogP contribution in [0.2, 0.25) is 0 Å². The zero-order chi connectivity index (χ0) is 19.1. The van der Waals surface area contributed by atoms with E-state index in [0.717, 1.165) is 43.7 Å². The molecule has 1 unspecified atom stereocenters. The SMILES string of the molecule is CN(C(=O)CSc1ccccc1C(=O)NC1CCCNC1)C1CCCCC1. The summed E-state index contributed by atoms with van der Waals surface area (Å²) in [5, 5.41) is 6.45. The lowest BCUT2D eigenvalue weighted by atomic mass is 9.94. The van der Waals surface area contributed by atoms with Gasteiger partial charge in [-0.25, -0.2) is 0 Å². The Hall–Kier alpha value is -1.53. The van der Waals surface area contributed by atoms with Gasteiger partial charge in [0.1, 0.15) is 0 Å². The molecule has 0 radical (unpaired) electrons. The lowest BCUT2D eigenvalue weighted by Gasteiger charge is -2.31. The number of rotatable bonds is 6. The summed E-state index contributed by atoms with van der Waals surface area (Å²) in [6.45, 7) is 1.85. The molecule has 148 valence electrons. The van der Waals surface area contributed by atoms with Crippen molar-refractivity contribution in [1.29, 1.82) is 0 Å². The highest BCUT2D eigenvalue weighted by molar-refractivity contribution is 8.00. The first-order valence-electron chi connectivity index (χ1n) is 10.1. The van der Waals surface area contributed by atoms with Gasteiger partial charge in [0.15, 0.2) is 0 Å². The third-order valence-electron chi connectivity index (χ3n) is 5.63. The molecule has 1 saturated heterocycles. The maximum atomic E-state index is 12.7. The highest BCUT2D eigenvalue weighted by atomic mass is 32.2. The summed E-state index contributed by atoms with van der Waals surface area (Å²) in [4.78, 5) is 28.1. The first kappa shape index (κ1) is 20.2. The minimum atomic E-state index is -0.0418. The van der Waals surface area contributed by atoms with Gasteiger partial charge in [0.05, 0.1) is 11.3 Å². The molecule has 1 aliphatic carbocycles. The molecule has 3 rings (SSSR count). The average molecular weight is 390 g/mol. The number of carbonyl (C=O) groups excluding carboxylic acids is 2. The maximum absolute atomic E-state index is 12.7. The van der Waals surface area contributed by atoms with Crippen molar-refractivity contribution in [3.05, 3.63) is 29.8 Å². The van der Waals surface area contributed by atoms with Crippen LogP contribution in [0, 0.1) is 0 Å². The summed E-state index contributed by atoms with van der Waals surface area (Å²) in [5.74, 6) is 0.487. The molecule has 1 aliphatic heterocycles. The molecule has 5 nitrogen and oxygen atoms in total. The van der Waals surface area contributed by atoms with Crippen molar-refractivity contribution in [3.8, 4) is 0 Å². The van der Waals surface area contributed by atoms with Gasteiger partial charge in [0, 0.05) is 30.6 Å². The van der Waals surface area contributed by atoms with Gasteiger partial charge in [-0.3, -0.25) is 9.59 Å². The molecule has 2 amide bonds. The molecule has 0 aromatic heterocycles. The summed E-state index contributed by atoms with van der Waals surface area (Å²) in [5.41, 5.74) is 0.668. The highest BCUT2D eigenvalue weighted by Crippen LogP contribution is 2.26. The standard InChI is InChI=1S/C21H31N3O2S/c1-24(17-9-3-2-4-10-17)20(25)15-27-19-12-6-5-11-18(19)21(26)23-16-8-7-13-22-14-16/h5-6,11-12,16-17,22H,2-4,7-10,13-15H2,1H3,(H,23,26). The Labute approximate surface area is 166 Å². The predicted molar refractivity (Wildman–Crippen MR) is 110 cm³/mol. The van der Waals surface area contributed by atoms with Crippen molar-refractivity contribution >= 4 is 23.6 Å². The Bertz CT molecular complexity index is 640. The van der Waals surface area contributed by atoms with Crippen molar-refractivity contribution in [2.24, 2.45) is 0 Å². The number of hydrogen-bond donors (Lipinski definition) is 2. The Morgan fingerprint density at radius 1 is 1.15 bits per heavy atom. The van der Waals surface area contributed by atoms with E-state index in [1.807, 2.05) is 36.2 Å². The number of piperidine rings is 1. The Balaban J connectivity index is 1.56. The number of thioether (sulfide) groups is 1. The van der Waals surface area contributed by atoms with Crippen LogP contribution in [0.1, 0.15) is 55.3 Å². The quantitative estimate of drug-likeness (QED) is 0.734. The molecule has 1 aromatic carbocycles. The molecular formula is C21H31N3O2S. The van der Waals surface area contributed by atoms with E-state index in [9.17, 15) is 9.59 Å². The normalized spacial score (nSPS) is 20.9. The van der Waals surface area contributed by atoms with E-state index in [-0.39, 0.29) is 17.9 Å². The first-order chi connectivity index (χ1) is 13.1. The maximum Gasteiger partial charge on any atom is 0.252 e. The molecule has 2 aliphatic rings. The Morgan fingerprint density at radius 3 is 2.67 bits per heavy atom. The number of benzene rings is 1. The third kappa shape index (κ3) is 5.72. The molecular weight excluding hydrogens is 358 g/mol. The fraction of sp³-hybridized carbons (Fsp3) is 0.619. The fourth-order valence-corrected chi connectivity index (χ4v) is 4.91. The molecule has 1 atom stereocenters. The van der Waals surface area contributed by atoms with Gasteiger partial charge in [-0.1, -0.05) is 31.4 Å². The van der Waals surface area contributed by atoms with Crippen LogP contribution in [-0.4, -0.2) is 54.7 Å². The molecule has 6 heteroatoms. The van der Waals surface area contributed by atoms with Gasteiger partial charge in [0.2, 0.25) is 5.91 Å². The second-order valence-corrected chi connectivity index (χ2v) is 8.62. The van der Waals surface area contributed by atoms with E-state index in [2.05, 4.69) is 10.6 Å². The zero-order valence-corrected chi connectivity index (χ0v) is 17.0. The van der Waals surface area contributed by atoms with Gasteiger partial charge in [0.25, 0.3) is 5.91 Å². The van der Waals surface area contributed by atoms with E-state index in [1.165, 1.54) is 31.0 Å². The van der Waals surface area contributed by atoms with Crippen LogP contribution in [0.15, 0.2) is 29.2 Å². The molecule has 27 heavy (non-hydrogen) atoms. The minimum Gasteiger partial charge on any atom is -0.348 e. The van der Waals surface area contributed by atoms with Crippen LogP contribution >= 0.6 is 11.8 Å².